The monoisotopic (exact) mass is 366 g/mol. The van der Waals surface area contributed by atoms with Crippen molar-refractivity contribution in [2.24, 2.45) is 5.10 Å². The fourth-order valence-corrected chi connectivity index (χ4v) is 2.45. The number of H-pyrrole nitrogens is 1. The summed E-state index contributed by atoms with van der Waals surface area (Å²) in [4.78, 5) is 12.2. The maximum absolute atomic E-state index is 12.2. The van der Waals surface area contributed by atoms with Crippen LogP contribution in [-0.4, -0.2) is 41.6 Å². The van der Waals surface area contributed by atoms with E-state index in [4.69, 9.17) is 9.47 Å². The number of carbonyl (C=O) groups is 1. The second-order valence-corrected chi connectivity index (χ2v) is 5.50. The number of aromatic amines is 1. The fourth-order valence-electron chi connectivity index (χ4n) is 2.45. The van der Waals surface area contributed by atoms with Crippen LogP contribution in [0.3, 0.4) is 0 Å². The van der Waals surface area contributed by atoms with Gasteiger partial charge in [0.2, 0.25) is 0 Å². The number of ether oxygens (including phenoxy) is 2. The molecule has 3 rings (SSSR count). The number of hydrogen-bond acceptors (Lipinski definition) is 6. The summed E-state index contributed by atoms with van der Waals surface area (Å²) < 4.78 is 10.3. The molecule has 0 aliphatic carbocycles. The first kappa shape index (κ1) is 18.0. The molecule has 138 valence electrons. The van der Waals surface area contributed by atoms with Crippen LogP contribution in [0.5, 0.6) is 17.2 Å². The van der Waals surface area contributed by atoms with Crippen molar-refractivity contribution in [2.45, 2.75) is 0 Å². The highest BCUT2D eigenvalue weighted by Crippen LogP contribution is 2.28. The Morgan fingerprint density at radius 2 is 1.93 bits per heavy atom. The van der Waals surface area contributed by atoms with Gasteiger partial charge < -0.3 is 14.6 Å². The van der Waals surface area contributed by atoms with E-state index in [9.17, 15) is 9.90 Å². The van der Waals surface area contributed by atoms with Crippen molar-refractivity contribution in [3.05, 3.63) is 59.8 Å². The number of phenols is 1. The lowest BCUT2D eigenvalue weighted by Gasteiger charge is -2.04. The molecule has 2 aromatic carbocycles. The summed E-state index contributed by atoms with van der Waals surface area (Å²) in [5.41, 5.74) is 4.62. The Morgan fingerprint density at radius 1 is 1.15 bits per heavy atom. The maximum Gasteiger partial charge on any atom is 0.289 e. The normalized spacial score (nSPS) is 10.7. The minimum Gasteiger partial charge on any atom is -0.504 e. The number of carbonyl (C=O) groups excluding carboxylic acids is 1. The number of nitrogens with one attached hydrogen (secondary N) is 2. The third-order valence-electron chi connectivity index (χ3n) is 3.79. The average molecular weight is 366 g/mol. The van der Waals surface area contributed by atoms with Crippen LogP contribution in [0.4, 0.5) is 0 Å². The van der Waals surface area contributed by atoms with E-state index in [0.29, 0.717) is 22.8 Å². The Bertz CT molecular complexity index is 981. The number of hydrazone groups is 1. The van der Waals surface area contributed by atoms with Crippen LogP contribution in [0.25, 0.3) is 11.3 Å². The summed E-state index contributed by atoms with van der Waals surface area (Å²) in [6, 6.07) is 13.8. The van der Waals surface area contributed by atoms with Gasteiger partial charge in [-0.2, -0.15) is 10.2 Å². The highest BCUT2D eigenvalue weighted by Gasteiger charge is 2.13. The van der Waals surface area contributed by atoms with Crippen molar-refractivity contribution < 1.29 is 19.4 Å². The minimum atomic E-state index is -0.447. The Labute approximate surface area is 155 Å². The van der Waals surface area contributed by atoms with Gasteiger partial charge in [-0.3, -0.25) is 9.89 Å². The third kappa shape index (κ3) is 4.06. The molecule has 0 fully saturated rings. The van der Waals surface area contributed by atoms with Gasteiger partial charge in [-0.1, -0.05) is 12.1 Å². The van der Waals surface area contributed by atoms with Gasteiger partial charge in [0.25, 0.3) is 5.91 Å². The molecule has 8 nitrogen and oxygen atoms in total. The van der Waals surface area contributed by atoms with Crippen molar-refractivity contribution in [2.75, 3.05) is 14.2 Å². The van der Waals surface area contributed by atoms with Gasteiger partial charge in [-0.05, 0) is 42.0 Å². The summed E-state index contributed by atoms with van der Waals surface area (Å²) in [5, 5.41) is 20.4. The van der Waals surface area contributed by atoms with Crippen molar-refractivity contribution in [1.29, 1.82) is 0 Å². The number of phenolic OH excluding ortho intramolecular Hbond substituents is 1. The number of methoxy groups -OCH3 is 2. The predicted molar refractivity (Wildman–Crippen MR) is 100 cm³/mol. The number of nitrogens with zero attached hydrogens (tertiary/aromatic N) is 2. The molecule has 1 aromatic heterocycles. The summed E-state index contributed by atoms with van der Waals surface area (Å²) in [6.07, 6.45) is 1.41. The molecule has 27 heavy (non-hydrogen) atoms. The molecule has 0 bridgehead atoms. The molecular formula is C19H18N4O4. The van der Waals surface area contributed by atoms with Crippen molar-refractivity contribution in [3.63, 3.8) is 0 Å². The lowest BCUT2D eigenvalue weighted by Crippen LogP contribution is -2.18. The number of para-hydroxylation sites is 1. The molecule has 1 amide bonds. The van der Waals surface area contributed by atoms with Gasteiger partial charge in [0.05, 0.1) is 26.1 Å². The molecule has 0 aliphatic rings. The lowest BCUT2D eigenvalue weighted by molar-refractivity contribution is 0.0950. The number of hydrogen-bond donors (Lipinski definition) is 3. The Kier molecular flexibility index (Phi) is 5.36. The van der Waals surface area contributed by atoms with Crippen LogP contribution in [0.15, 0.2) is 53.6 Å². The zero-order chi connectivity index (χ0) is 19.2. The molecule has 0 atom stereocenters. The van der Waals surface area contributed by atoms with E-state index in [1.807, 2.05) is 24.3 Å². The van der Waals surface area contributed by atoms with Crippen LogP contribution in [-0.2, 0) is 0 Å². The third-order valence-corrected chi connectivity index (χ3v) is 3.79. The molecule has 0 unspecified atom stereocenters. The first-order valence-corrected chi connectivity index (χ1v) is 8.01. The Balaban J connectivity index is 1.69. The van der Waals surface area contributed by atoms with Gasteiger partial charge in [0, 0.05) is 5.56 Å². The molecule has 0 saturated heterocycles. The van der Waals surface area contributed by atoms with Gasteiger partial charge >= 0.3 is 0 Å². The van der Waals surface area contributed by atoms with E-state index in [-0.39, 0.29) is 11.4 Å². The first-order chi connectivity index (χ1) is 13.1. The van der Waals surface area contributed by atoms with Crippen LogP contribution in [0, 0.1) is 0 Å². The van der Waals surface area contributed by atoms with E-state index >= 15 is 0 Å². The molecular weight excluding hydrogens is 348 g/mol. The number of aromatic hydroxyl groups is 1. The van der Waals surface area contributed by atoms with Gasteiger partial charge in [-0.15, -0.1) is 0 Å². The summed E-state index contributed by atoms with van der Waals surface area (Å²) in [6.45, 7) is 0. The first-order valence-electron chi connectivity index (χ1n) is 8.01. The van der Waals surface area contributed by atoms with E-state index in [0.717, 1.165) is 5.56 Å². The highest BCUT2D eigenvalue weighted by atomic mass is 16.5. The zero-order valence-corrected chi connectivity index (χ0v) is 14.8. The van der Waals surface area contributed by atoms with Crippen LogP contribution < -0.4 is 14.9 Å². The second kappa shape index (κ2) is 8.05. The standard InChI is InChI=1S/C19H18N4O4/c1-26-17-6-4-3-5-13(17)14-10-15(22-21-14)19(25)23-20-11-12-7-8-18(27-2)16(24)9-12/h3-11,24H,1-2H3,(H,21,22)(H,23,25)/b20-11+. The lowest BCUT2D eigenvalue weighted by atomic mass is 10.1. The van der Waals surface area contributed by atoms with Gasteiger partial charge in [0.1, 0.15) is 11.4 Å². The fraction of sp³-hybridized carbons (Fsp3) is 0.105. The summed E-state index contributed by atoms with van der Waals surface area (Å²) >= 11 is 0. The van der Waals surface area contributed by atoms with Crippen LogP contribution in [0.1, 0.15) is 16.1 Å². The number of benzene rings is 2. The van der Waals surface area contributed by atoms with Crippen molar-refractivity contribution in [1.82, 2.24) is 15.6 Å². The SMILES string of the molecule is COc1ccc(/C=N/NC(=O)c2cc(-c3ccccc3OC)n[nH]2)cc1O. The number of rotatable bonds is 6. The minimum absolute atomic E-state index is 0.0113. The smallest absolute Gasteiger partial charge is 0.289 e. The van der Waals surface area contributed by atoms with E-state index in [2.05, 4.69) is 20.7 Å². The second-order valence-electron chi connectivity index (χ2n) is 5.50. The molecule has 8 heteroatoms. The molecule has 0 saturated carbocycles. The van der Waals surface area contributed by atoms with E-state index in [1.165, 1.54) is 19.4 Å². The highest BCUT2D eigenvalue weighted by molar-refractivity contribution is 5.94. The molecule has 0 spiro atoms. The Morgan fingerprint density at radius 3 is 2.67 bits per heavy atom. The Hall–Kier alpha value is -3.81. The van der Waals surface area contributed by atoms with E-state index < -0.39 is 5.91 Å². The van der Waals surface area contributed by atoms with E-state index in [1.54, 1.807) is 25.3 Å². The van der Waals surface area contributed by atoms with Crippen molar-refractivity contribution >= 4 is 12.1 Å². The molecule has 3 N–H and O–H groups in total. The summed E-state index contributed by atoms with van der Waals surface area (Å²) in [5.74, 6) is 0.561. The molecule has 1 heterocycles. The van der Waals surface area contributed by atoms with Gasteiger partial charge in [-0.25, -0.2) is 5.43 Å². The van der Waals surface area contributed by atoms with Crippen molar-refractivity contribution in [3.8, 4) is 28.5 Å². The largest absolute Gasteiger partial charge is 0.504 e. The summed E-state index contributed by atoms with van der Waals surface area (Å²) in [7, 11) is 3.04. The molecule has 3 aromatic rings. The zero-order valence-electron chi connectivity index (χ0n) is 14.8. The maximum atomic E-state index is 12.2. The number of aromatic nitrogens is 2. The van der Waals surface area contributed by atoms with Crippen LogP contribution in [0.2, 0.25) is 0 Å². The molecule has 0 radical (unpaired) electrons. The topological polar surface area (TPSA) is 109 Å². The van der Waals surface area contributed by atoms with Gasteiger partial charge in [0.15, 0.2) is 11.5 Å². The predicted octanol–water partition coefficient (Wildman–Crippen LogP) is 2.56. The molecule has 0 aliphatic heterocycles. The quantitative estimate of drug-likeness (QED) is 0.459. The number of amides is 1. The van der Waals surface area contributed by atoms with Crippen LogP contribution >= 0.6 is 0 Å². The average Bonchev–Trinajstić information content (AvgIpc) is 3.18.